The second-order valence-corrected chi connectivity index (χ2v) is 8.16. The topological polar surface area (TPSA) is 78.1 Å². The molecule has 0 radical (unpaired) electrons. The third-order valence-corrected chi connectivity index (χ3v) is 6.08. The molecule has 0 spiro atoms. The van der Waals surface area contributed by atoms with Crippen molar-refractivity contribution in [2.45, 2.75) is 17.6 Å². The second kappa shape index (κ2) is 9.90. The molecule has 1 heterocycles. The lowest BCUT2D eigenvalue weighted by atomic mass is 10.1. The number of benzene rings is 3. The first-order chi connectivity index (χ1) is 15.6. The molecular formula is C26H20N4OS. The normalized spacial score (nSPS) is 11.2. The Bertz CT molecular complexity index is 1320. The average Bonchev–Trinajstić information content (AvgIpc) is 2.86. The van der Waals surface area contributed by atoms with E-state index in [0.717, 1.165) is 32.7 Å². The number of hydrogen-bond acceptors (Lipinski definition) is 5. The van der Waals surface area contributed by atoms with E-state index in [1.54, 1.807) is 36.0 Å². The lowest BCUT2D eigenvalue weighted by molar-refractivity contribution is 0.0955. The van der Waals surface area contributed by atoms with Crippen LogP contribution < -0.4 is 5.43 Å². The fourth-order valence-electron chi connectivity index (χ4n) is 3.16. The van der Waals surface area contributed by atoms with Crippen molar-refractivity contribution >= 4 is 34.3 Å². The number of nitrogens with zero attached hydrogens (tertiary/aromatic N) is 3. The zero-order valence-corrected chi connectivity index (χ0v) is 18.3. The zero-order valence-electron chi connectivity index (χ0n) is 17.4. The van der Waals surface area contributed by atoms with Gasteiger partial charge in [-0.1, -0.05) is 42.5 Å². The zero-order chi connectivity index (χ0) is 22.3. The van der Waals surface area contributed by atoms with Crippen molar-refractivity contribution in [2.24, 2.45) is 5.10 Å². The number of hydrazone groups is 1. The van der Waals surface area contributed by atoms with Gasteiger partial charge < -0.3 is 0 Å². The van der Waals surface area contributed by atoms with Crippen LogP contribution in [0.1, 0.15) is 34.0 Å². The number of carbonyl (C=O) groups is 1. The number of thioether (sulfide) groups is 1. The highest BCUT2D eigenvalue weighted by Crippen LogP contribution is 2.28. The first-order valence-electron chi connectivity index (χ1n) is 10.0. The van der Waals surface area contributed by atoms with Crippen LogP contribution in [0, 0.1) is 11.3 Å². The number of aromatic nitrogens is 1. The Labute approximate surface area is 190 Å². The van der Waals surface area contributed by atoms with Crippen LogP contribution in [-0.4, -0.2) is 16.6 Å². The van der Waals surface area contributed by atoms with Crippen LogP contribution in [0.2, 0.25) is 0 Å². The van der Waals surface area contributed by atoms with Crippen LogP contribution in [0.4, 0.5) is 0 Å². The van der Waals surface area contributed by atoms with Gasteiger partial charge in [-0.3, -0.25) is 9.78 Å². The standard InChI is InChI=1S/C26H20N4OS/c1-18(21-11-7-19(16-27)8-12-21)29-30-26(31)23-13-9-20(10-14-23)17-32-24-6-2-4-22-5-3-15-28-25(22)24/h2-15H,17H2,1H3,(H,30,31)/b29-18-. The minimum Gasteiger partial charge on any atom is -0.267 e. The predicted octanol–water partition coefficient (Wildman–Crippen LogP) is 5.55. The van der Waals surface area contributed by atoms with Crippen LogP contribution in [0.25, 0.3) is 10.9 Å². The lowest BCUT2D eigenvalue weighted by Crippen LogP contribution is -2.19. The van der Waals surface area contributed by atoms with Gasteiger partial charge in [0.15, 0.2) is 0 Å². The summed E-state index contributed by atoms with van der Waals surface area (Å²) in [4.78, 5) is 18.1. The Hall–Kier alpha value is -3.95. The van der Waals surface area contributed by atoms with Gasteiger partial charge in [-0.25, -0.2) is 5.43 Å². The summed E-state index contributed by atoms with van der Waals surface area (Å²) in [6.07, 6.45) is 1.81. The summed E-state index contributed by atoms with van der Waals surface area (Å²) in [6.45, 7) is 1.81. The largest absolute Gasteiger partial charge is 0.271 e. The first-order valence-corrected chi connectivity index (χ1v) is 11.0. The Kier molecular flexibility index (Phi) is 6.59. The van der Waals surface area contributed by atoms with Gasteiger partial charge in [0.2, 0.25) is 0 Å². The van der Waals surface area contributed by atoms with Crippen LogP contribution in [0.3, 0.4) is 0 Å². The van der Waals surface area contributed by atoms with E-state index in [1.807, 2.05) is 49.5 Å². The highest BCUT2D eigenvalue weighted by Gasteiger charge is 2.07. The predicted molar refractivity (Wildman–Crippen MR) is 129 cm³/mol. The molecule has 0 saturated carbocycles. The molecule has 6 heteroatoms. The molecule has 4 aromatic rings. The number of carbonyl (C=O) groups excluding carboxylic acids is 1. The van der Waals surface area contributed by atoms with Crippen molar-refractivity contribution in [2.75, 3.05) is 0 Å². The van der Waals surface area contributed by atoms with Crippen molar-refractivity contribution < 1.29 is 4.79 Å². The van der Waals surface area contributed by atoms with E-state index in [4.69, 9.17) is 5.26 Å². The van der Waals surface area contributed by atoms with Gasteiger partial charge in [0, 0.05) is 27.8 Å². The molecule has 0 atom stereocenters. The van der Waals surface area contributed by atoms with Crippen LogP contribution >= 0.6 is 11.8 Å². The van der Waals surface area contributed by atoms with Crippen molar-refractivity contribution in [3.05, 3.63) is 107 Å². The summed E-state index contributed by atoms with van der Waals surface area (Å²) in [5, 5.41) is 14.2. The number of hydrogen-bond donors (Lipinski definition) is 1. The number of nitrogens with one attached hydrogen (secondary N) is 1. The molecular weight excluding hydrogens is 416 g/mol. The molecule has 0 aliphatic carbocycles. The second-order valence-electron chi connectivity index (χ2n) is 7.14. The maximum Gasteiger partial charge on any atom is 0.271 e. The molecule has 1 aromatic heterocycles. The summed E-state index contributed by atoms with van der Waals surface area (Å²) in [5.74, 6) is 0.517. The van der Waals surface area contributed by atoms with E-state index in [1.165, 1.54) is 0 Å². The Morgan fingerprint density at radius 3 is 2.47 bits per heavy atom. The number of nitriles is 1. The molecule has 0 saturated heterocycles. The molecule has 156 valence electrons. The van der Waals surface area contributed by atoms with Crippen LogP contribution in [-0.2, 0) is 5.75 Å². The minimum atomic E-state index is -0.268. The molecule has 0 fully saturated rings. The molecule has 32 heavy (non-hydrogen) atoms. The van der Waals surface area contributed by atoms with Gasteiger partial charge in [0.25, 0.3) is 5.91 Å². The summed E-state index contributed by atoms with van der Waals surface area (Å²) in [5.41, 5.74) is 7.36. The van der Waals surface area contributed by atoms with E-state index in [-0.39, 0.29) is 5.91 Å². The molecule has 4 rings (SSSR count). The van der Waals surface area contributed by atoms with Crippen LogP contribution in [0.5, 0.6) is 0 Å². The van der Waals surface area contributed by atoms with Gasteiger partial charge in [-0.2, -0.15) is 10.4 Å². The number of amides is 1. The summed E-state index contributed by atoms with van der Waals surface area (Å²) >= 11 is 1.73. The van der Waals surface area contributed by atoms with E-state index in [2.05, 4.69) is 39.8 Å². The van der Waals surface area contributed by atoms with Crippen molar-refractivity contribution in [1.82, 2.24) is 10.4 Å². The van der Waals surface area contributed by atoms with Crippen molar-refractivity contribution in [1.29, 1.82) is 5.26 Å². The minimum absolute atomic E-state index is 0.268. The lowest BCUT2D eigenvalue weighted by Gasteiger charge is -2.07. The molecule has 0 aliphatic heterocycles. The van der Waals surface area contributed by atoms with Crippen LogP contribution in [0.15, 0.2) is 95.1 Å². The van der Waals surface area contributed by atoms with E-state index in [0.29, 0.717) is 16.8 Å². The van der Waals surface area contributed by atoms with Gasteiger partial charge in [0.1, 0.15) is 0 Å². The summed E-state index contributed by atoms with van der Waals surface area (Å²) in [7, 11) is 0. The number of fused-ring (bicyclic) bond motifs is 1. The fraction of sp³-hybridized carbons (Fsp3) is 0.0769. The average molecular weight is 437 g/mol. The molecule has 3 aromatic carbocycles. The quantitative estimate of drug-likeness (QED) is 0.244. The Morgan fingerprint density at radius 1 is 1.00 bits per heavy atom. The fourth-order valence-corrected chi connectivity index (χ4v) is 4.15. The number of para-hydroxylation sites is 1. The first kappa shape index (κ1) is 21.3. The highest BCUT2D eigenvalue weighted by molar-refractivity contribution is 7.98. The third-order valence-electron chi connectivity index (χ3n) is 4.96. The van der Waals surface area contributed by atoms with Gasteiger partial charge in [-0.05, 0) is 54.4 Å². The van der Waals surface area contributed by atoms with E-state index < -0.39 is 0 Å². The molecule has 0 bridgehead atoms. The highest BCUT2D eigenvalue weighted by atomic mass is 32.2. The Morgan fingerprint density at radius 2 is 1.72 bits per heavy atom. The molecule has 1 N–H and O–H groups in total. The maximum absolute atomic E-state index is 12.4. The van der Waals surface area contributed by atoms with Gasteiger partial charge in [0.05, 0.1) is 22.9 Å². The Balaban J connectivity index is 1.37. The van der Waals surface area contributed by atoms with Crippen molar-refractivity contribution in [3.8, 4) is 6.07 Å². The monoisotopic (exact) mass is 436 g/mol. The number of rotatable bonds is 6. The molecule has 5 nitrogen and oxygen atoms in total. The number of pyridine rings is 1. The van der Waals surface area contributed by atoms with E-state index in [9.17, 15) is 4.79 Å². The molecule has 1 amide bonds. The third kappa shape index (κ3) is 5.02. The summed E-state index contributed by atoms with van der Waals surface area (Å²) < 4.78 is 0. The molecule has 0 aliphatic rings. The SMILES string of the molecule is C/C(=N/NC(=O)c1ccc(CSc2cccc3cccnc23)cc1)c1ccc(C#N)cc1. The van der Waals surface area contributed by atoms with E-state index >= 15 is 0 Å². The summed E-state index contributed by atoms with van der Waals surface area (Å²) in [6, 6.07) is 26.8. The van der Waals surface area contributed by atoms with Crippen molar-refractivity contribution in [3.63, 3.8) is 0 Å². The smallest absolute Gasteiger partial charge is 0.267 e. The van der Waals surface area contributed by atoms with Gasteiger partial charge >= 0.3 is 0 Å². The van der Waals surface area contributed by atoms with Gasteiger partial charge in [-0.15, -0.1) is 11.8 Å². The maximum atomic E-state index is 12.4. The molecule has 0 unspecified atom stereocenters.